The summed E-state index contributed by atoms with van der Waals surface area (Å²) in [7, 11) is 2.19. The number of nitrogens with zero attached hydrogens (tertiary/aromatic N) is 1. The van der Waals surface area contributed by atoms with E-state index in [9.17, 15) is 0 Å². The third kappa shape index (κ3) is 1.67. The second-order valence-electron chi connectivity index (χ2n) is 4.97. The molecular formula is C15H20N2. The van der Waals surface area contributed by atoms with Crippen LogP contribution in [-0.4, -0.2) is 11.1 Å². The molecule has 2 nitrogen and oxygen atoms in total. The molecule has 1 aliphatic rings. The van der Waals surface area contributed by atoms with E-state index >= 15 is 0 Å². The Morgan fingerprint density at radius 3 is 3.06 bits per heavy atom. The molecule has 17 heavy (non-hydrogen) atoms. The molecule has 0 atom stereocenters. The van der Waals surface area contributed by atoms with Crippen molar-refractivity contribution in [1.29, 1.82) is 0 Å². The second-order valence-corrected chi connectivity index (χ2v) is 4.97. The van der Waals surface area contributed by atoms with Crippen molar-refractivity contribution >= 4 is 10.9 Å². The first-order chi connectivity index (χ1) is 8.31. The zero-order valence-corrected chi connectivity index (χ0v) is 10.7. The Bertz CT molecular complexity index is 552. The molecule has 0 unspecified atom stereocenters. The molecule has 90 valence electrons. The predicted octanol–water partition coefficient (Wildman–Crippen LogP) is 2.78. The Kier molecular flexibility index (Phi) is 2.67. The van der Waals surface area contributed by atoms with Gasteiger partial charge in [-0.1, -0.05) is 13.0 Å². The summed E-state index contributed by atoms with van der Waals surface area (Å²) in [5.41, 5.74) is 5.88. The minimum atomic E-state index is 1.02. The zero-order valence-electron chi connectivity index (χ0n) is 10.7. The van der Waals surface area contributed by atoms with Gasteiger partial charge in [0.2, 0.25) is 0 Å². The van der Waals surface area contributed by atoms with Crippen LogP contribution in [0.3, 0.4) is 0 Å². The lowest BCUT2D eigenvalue weighted by atomic mass is 10.0. The van der Waals surface area contributed by atoms with Gasteiger partial charge < -0.3 is 9.88 Å². The SMILES string of the molecule is CCc1ccc2c(c1)c1c(n2C)CNCCC1. The van der Waals surface area contributed by atoms with Crippen molar-refractivity contribution < 1.29 is 0 Å². The topological polar surface area (TPSA) is 17.0 Å². The first-order valence-corrected chi connectivity index (χ1v) is 6.61. The van der Waals surface area contributed by atoms with Gasteiger partial charge in [-0.25, -0.2) is 0 Å². The molecule has 0 saturated heterocycles. The molecule has 1 aromatic heterocycles. The summed E-state index contributed by atoms with van der Waals surface area (Å²) >= 11 is 0. The minimum absolute atomic E-state index is 1.02. The van der Waals surface area contributed by atoms with Gasteiger partial charge in [0.25, 0.3) is 0 Å². The van der Waals surface area contributed by atoms with Crippen LogP contribution in [0, 0.1) is 0 Å². The lowest BCUT2D eigenvalue weighted by molar-refractivity contribution is 0.661. The van der Waals surface area contributed by atoms with Gasteiger partial charge in [-0.15, -0.1) is 0 Å². The number of aryl methyl sites for hydroxylation is 3. The number of hydrogen-bond donors (Lipinski definition) is 1. The summed E-state index contributed by atoms with van der Waals surface area (Å²) in [6.07, 6.45) is 3.59. The van der Waals surface area contributed by atoms with E-state index in [1.54, 1.807) is 5.56 Å². The van der Waals surface area contributed by atoms with Crippen LogP contribution in [0.2, 0.25) is 0 Å². The molecule has 2 heterocycles. The number of aromatic nitrogens is 1. The van der Waals surface area contributed by atoms with Crippen molar-refractivity contribution in [3.05, 3.63) is 35.0 Å². The average molecular weight is 228 g/mol. The maximum Gasteiger partial charge on any atom is 0.0483 e. The number of benzene rings is 1. The van der Waals surface area contributed by atoms with Crippen molar-refractivity contribution in [2.75, 3.05) is 6.54 Å². The summed E-state index contributed by atoms with van der Waals surface area (Å²) in [4.78, 5) is 0. The third-order valence-electron chi connectivity index (χ3n) is 3.98. The van der Waals surface area contributed by atoms with Crippen LogP contribution >= 0.6 is 0 Å². The molecule has 0 bridgehead atoms. The standard InChI is InChI=1S/C15H20N2/c1-3-11-6-7-14-13(9-11)12-5-4-8-16-10-15(12)17(14)2/h6-7,9,16H,3-5,8,10H2,1-2H3. The molecular weight excluding hydrogens is 208 g/mol. The fourth-order valence-corrected chi connectivity index (χ4v) is 2.94. The monoisotopic (exact) mass is 228 g/mol. The van der Waals surface area contributed by atoms with Crippen LogP contribution in [0.5, 0.6) is 0 Å². The van der Waals surface area contributed by atoms with Gasteiger partial charge >= 0.3 is 0 Å². The summed E-state index contributed by atoms with van der Waals surface area (Å²) in [5.74, 6) is 0. The van der Waals surface area contributed by atoms with Crippen LogP contribution in [0.4, 0.5) is 0 Å². The smallest absolute Gasteiger partial charge is 0.0483 e. The largest absolute Gasteiger partial charge is 0.346 e. The molecule has 0 spiro atoms. The number of hydrogen-bond acceptors (Lipinski definition) is 1. The number of fused-ring (bicyclic) bond motifs is 3. The molecule has 2 heteroatoms. The fourth-order valence-electron chi connectivity index (χ4n) is 2.94. The minimum Gasteiger partial charge on any atom is -0.346 e. The summed E-state index contributed by atoms with van der Waals surface area (Å²) in [5, 5.41) is 4.99. The van der Waals surface area contributed by atoms with Crippen LogP contribution in [-0.2, 0) is 26.4 Å². The zero-order chi connectivity index (χ0) is 11.8. The van der Waals surface area contributed by atoms with Gasteiger partial charge in [-0.3, -0.25) is 0 Å². The highest BCUT2D eigenvalue weighted by Crippen LogP contribution is 2.28. The Morgan fingerprint density at radius 1 is 1.35 bits per heavy atom. The van der Waals surface area contributed by atoms with Crippen molar-refractivity contribution in [3.63, 3.8) is 0 Å². The van der Waals surface area contributed by atoms with Gasteiger partial charge in [0.1, 0.15) is 0 Å². The van der Waals surface area contributed by atoms with E-state index in [1.807, 2.05) is 0 Å². The predicted molar refractivity (Wildman–Crippen MR) is 72.3 cm³/mol. The number of rotatable bonds is 1. The van der Waals surface area contributed by atoms with E-state index in [0.29, 0.717) is 0 Å². The van der Waals surface area contributed by atoms with E-state index in [2.05, 4.69) is 42.1 Å². The highest BCUT2D eigenvalue weighted by Gasteiger charge is 2.16. The molecule has 0 amide bonds. The van der Waals surface area contributed by atoms with E-state index in [4.69, 9.17) is 0 Å². The molecule has 0 radical (unpaired) electrons. The summed E-state index contributed by atoms with van der Waals surface area (Å²) in [6.45, 7) is 4.38. The average Bonchev–Trinajstić information content (AvgIpc) is 2.57. The first kappa shape index (κ1) is 10.8. The lowest BCUT2D eigenvalue weighted by Crippen LogP contribution is -2.14. The number of nitrogens with one attached hydrogen (secondary N) is 1. The Balaban J connectivity index is 2.27. The van der Waals surface area contributed by atoms with Crippen molar-refractivity contribution in [2.24, 2.45) is 7.05 Å². The van der Waals surface area contributed by atoms with Gasteiger partial charge in [-0.2, -0.15) is 0 Å². The first-order valence-electron chi connectivity index (χ1n) is 6.61. The second kappa shape index (κ2) is 4.19. The molecule has 0 fully saturated rings. The molecule has 2 aromatic rings. The van der Waals surface area contributed by atoms with Crippen LogP contribution in [0.25, 0.3) is 10.9 Å². The highest BCUT2D eigenvalue weighted by molar-refractivity contribution is 5.86. The summed E-state index contributed by atoms with van der Waals surface area (Å²) < 4.78 is 2.36. The van der Waals surface area contributed by atoms with Gasteiger partial charge in [-0.05, 0) is 49.1 Å². The van der Waals surface area contributed by atoms with Crippen molar-refractivity contribution in [2.45, 2.75) is 32.7 Å². The fraction of sp³-hybridized carbons (Fsp3) is 0.467. The molecule has 3 rings (SSSR count). The lowest BCUT2D eigenvalue weighted by Gasteiger charge is -2.04. The quantitative estimate of drug-likeness (QED) is 0.794. The molecule has 0 aliphatic carbocycles. The van der Waals surface area contributed by atoms with Gasteiger partial charge in [0, 0.05) is 30.2 Å². The van der Waals surface area contributed by atoms with Gasteiger partial charge in [0.05, 0.1) is 0 Å². The Labute approximate surface area is 103 Å². The van der Waals surface area contributed by atoms with Crippen molar-refractivity contribution in [3.8, 4) is 0 Å². The summed E-state index contributed by atoms with van der Waals surface area (Å²) in [6, 6.07) is 6.93. The van der Waals surface area contributed by atoms with Crippen molar-refractivity contribution in [1.82, 2.24) is 9.88 Å². The maximum atomic E-state index is 3.51. The van der Waals surface area contributed by atoms with E-state index in [0.717, 1.165) is 19.5 Å². The van der Waals surface area contributed by atoms with Gasteiger partial charge in [0.15, 0.2) is 0 Å². The Hall–Kier alpha value is -1.28. The molecule has 1 aromatic carbocycles. The van der Waals surface area contributed by atoms with E-state index in [-0.39, 0.29) is 0 Å². The maximum absolute atomic E-state index is 3.51. The normalized spacial score (nSPS) is 15.9. The molecule has 1 N–H and O–H groups in total. The third-order valence-corrected chi connectivity index (χ3v) is 3.98. The van der Waals surface area contributed by atoms with E-state index < -0.39 is 0 Å². The van der Waals surface area contributed by atoms with Crippen LogP contribution < -0.4 is 5.32 Å². The van der Waals surface area contributed by atoms with E-state index in [1.165, 1.54) is 35.0 Å². The van der Waals surface area contributed by atoms with Crippen LogP contribution in [0.15, 0.2) is 18.2 Å². The van der Waals surface area contributed by atoms with Crippen LogP contribution in [0.1, 0.15) is 30.2 Å². The Morgan fingerprint density at radius 2 is 2.24 bits per heavy atom. The molecule has 1 aliphatic heterocycles. The highest BCUT2D eigenvalue weighted by atomic mass is 15.0. The molecule has 0 saturated carbocycles.